The minimum absolute atomic E-state index is 0.180. The predicted molar refractivity (Wildman–Crippen MR) is 122 cm³/mol. The first kappa shape index (κ1) is 23.4. The van der Waals surface area contributed by atoms with Crippen LogP contribution in [0.1, 0.15) is 51.4 Å². The number of piperidine rings is 1. The predicted octanol–water partition coefficient (Wildman–Crippen LogP) is 4.47. The van der Waals surface area contributed by atoms with E-state index in [2.05, 4.69) is 28.1 Å². The van der Waals surface area contributed by atoms with Gasteiger partial charge >= 0.3 is 0 Å². The largest absolute Gasteiger partial charge is 0.488 e. The first-order valence-corrected chi connectivity index (χ1v) is 11.8. The molecular formula is C23H33FN4O2S. The monoisotopic (exact) mass is 448 g/mol. The van der Waals surface area contributed by atoms with E-state index in [0.29, 0.717) is 18.9 Å². The van der Waals surface area contributed by atoms with Gasteiger partial charge in [-0.1, -0.05) is 19.9 Å². The maximum atomic E-state index is 14.0. The van der Waals surface area contributed by atoms with Gasteiger partial charge in [0.1, 0.15) is 5.82 Å². The molecule has 0 N–H and O–H groups in total. The van der Waals surface area contributed by atoms with Gasteiger partial charge < -0.3 is 14.5 Å². The van der Waals surface area contributed by atoms with Crippen molar-refractivity contribution in [3.63, 3.8) is 0 Å². The number of anilines is 1. The summed E-state index contributed by atoms with van der Waals surface area (Å²) >= 11 is 1.46. The lowest BCUT2D eigenvalue weighted by Crippen LogP contribution is -2.45. The lowest BCUT2D eigenvalue weighted by atomic mass is 10.0. The molecule has 0 radical (unpaired) electrons. The highest BCUT2D eigenvalue weighted by Gasteiger charge is 2.26. The van der Waals surface area contributed by atoms with Crippen LogP contribution in [0.3, 0.4) is 0 Å². The molecule has 1 unspecified atom stereocenters. The van der Waals surface area contributed by atoms with Crippen molar-refractivity contribution < 1.29 is 13.9 Å². The standard InChI is InChI=1S/C23H33FN4O2S/c1-16(2)13-22-25-23(31-26-22)27-11-8-19(9-12-27)28(15-29)10-7-18(4)30-21-6-5-17(3)14-20(21)24/h5-6,14-16,18-19H,7-13H2,1-4H3. The van der Waals surface area contributed by atoms with Gasteiger partial charge in [-0.2, -0.15) is 4.37 Å². The average molecular weight is 449 g/mol. The van der Waals surface area contributed by atoms with Crippen molar-refractivity contribution in [2.24, 2.45) is 5.92 Å². The van der Waals surface area contributed by atoms with Gasteiger partial charge in [0, 0.05) is 50.1 Å². The number of benzene rings is 1. The van der Waals surface area contributed by atoms with E-state index in [1.54, 1.807) is 6.07 Å². The Morgan fingerprint density at radius 2 is 2.06 bits per heavy atom. The molecule has 1 saturated heterocycles. The Hall–Kier alpha value is -2.22. The number of hydrogen-bond donors (Lipinski definition) is 0. The molecule has 1 atom stereocenters. The Kier molecular flexibility index (Phi) is 8.23. The number of hydrogen-bond acceptors (Lipinski definition) is 6. The fraction of sp³-hybridized carbons (Fsp3) is 0.609. The normalized spacial score (nSPS) is 15.9. The summed E-state index contributed by atoms with van der Waals surface area (Å²) in [5, 5.41) is 0.980. The zero-order chi connectivity index (χ0) is 22.4. The maximum Gasteiger partial charge on any atom is 0.209 e. The molecule has 1 aliphatic heterocycles. The lowest BCUT2D eigenvalue weighted by molar-refractivity contribution is -0.120. The molecule has 0 spiro atoms. The summed E-state index contributed by atoms with van der Waals surface area (Å²) in [6, 6.07) is 5.17. The van der Waals surface area contributed by atoms with Crippen LogP contribution in [0.2, 0.25) is 0 Å². The topological polar surface area (TPSA) is 58.6 Å². The Balaban J connectivity index is 1.46. The molecular weight excluding hydrogens is 415 g/mol. The molecule has 0 bridgehead atoms. The Bertz CT molecular complexity index is 852. The highest BCUT2D eigenvalue weighted by atomic mass is 32.1. The molecule has 0 aliphatic carbocycles. The van der Waals surface area contributed by atoms with Crippen LogP contribution >= 0.6 is 11.5 Å². The molecule has 31 heavy (non-hydrogen) atoms. The molecule has 8 heteroatoms. The van der Waals surface area contributed by atoms with Gasteiger partial charge in [0.2, 0.25) is 11.5 Å². The van der Waals surface area contributed by atoms with Crippen LogP contribution in [-0.4, -0.2) is 52.4 Å². The van der Waals surface area contributed by atoms with E-state index in [1.807, 2.05) is 24.8 Å². The first-order valence-electron chi connectivity index (χ1n) is 11.1. The number of amides is 1. The van der Waals surface area contributed by atoms with E-state index in [4.69, 9.17) is 4.74 Å². The fourth-order valence-electron chi connectivity index (χ4n) is 3.84. The van der Waals surface area contributed by atoms with Crippen molar-refractivity contribution in [2.75, 3.05) is 24.5 Å². The van der Waals surface area contributed by atoms with E-state index in [9.17, 15) is 9.18 Å². The van der Waals surface area contributed by atoms with E-state index >= 15 is 0 Å². The van der Waals surface area contributed by atoms with Crippen LogP contribution in [0, 0.1) is 18.7 Å². The molecule has 6 nitrogen and oxygen atoms in total. The van der Waals surface area contributed by atoms with Crippen molar-refractivity contribution in [3.05, 3.63) is 35.4 Å². The smallest absolute Gasteiger partial charge is 0.209 e. The maximum absolute atomic E-state index is 14.0. The summed E-state index contributed by atoms with van der Waals surface area (Å²) in [7, 11) is 0. The van der Waals surface area contributed by atoms with E-state index in [0.717, 1.165) is 55.3 Å². The van der Waals surface area contributed by atoms with Gasteiger partial charge in [-0.3, -0.25) is 4.79 Å². The minimum Gasteiger partial charge on any atom is -0.488 e. The van der Waals surface area contributed by atoms with E-state index < -0.39 is 0 Å². The van der Waals surface area contributed by atoms with Gasteiger partial charge in [-0.15, -0.1) is 0 Å². The van der Waals surface area contributed by atoms with Gasteiger partial charge in [-0.05, 0) is 50.3 Å². The highest BCUT2D eigenvalue weighted by molar-refractivity contribution is 7.09. The number of nitrogens with zero attached hydrogens (tertiary/aromatic N) is 4. The van der Waals surface area contributed by atoms with Crippen LogP contribution in [0.25, 0.3) is 0 Å². The van der Waals surface area contributed by atoms with E-state index in [1.165, 1.54) is 17.6 Å². The molecule has 1 aliphatic rings. The minimum atomic E-state index is -0.348. The number of carbonyl (C=O) groups excluding carboxylic acids is 1. The van der Waals surface area contributed by atoms with Crippen molar-refractivity contribution in [3.8, 4) is 5.75 Å². The Labute approximate surface area is 188 Å². The SMILES string of the molecule is Cc1ccc(OC(C)CCN(C=O)C2CCN(c3nc(CC(C)C)ns3)CC2)c(F)c1. The first-order chi connectivity index (χ1) is 14.9. The zero-order valence-electron chi connectivity index (χ0n) is 18.9. The molecule has 2 aromatic rings. The fourth-order valence-corrected chi connectivity index (χ4v) is 4.59. The summed E-state index contributed by atoms with van der Waals surface area (Å²) in [4.78, 5) is 20.5. The van der Waals surface area contributed by atoms with Gasteiger partial charge in [0.15, 0.2) is 11.6 Å². The van der Waals surface area contributed by atoms with Crippen LogP contribution < -0.4 is 9.64 Å². The number of rotatable bonds is 10. The third kappa shape index (κ3) is 6.63. The summed E-state index contributed by atoms with van der Waals surface area (Å²) in [6.45, 7) is 10.4. The number of halogens is 1. The van der Waals surface area contributed by atoms with Gasteiger partial charge in [0.25, 0.3) is 0 Å². The summed E-state index contributed by atoms with van der Waals surface area (Å²) in [6.07, 6.45) is 4.12. The highest BCUT2D eigenvalue weighted by Crippen LogP contribution is 2.25. The Morgan fingerprint density at radius 3 is 2.71 bits per heavy atom. The van der Waals surface area contributed by atoms with Crippen LogP contribution in [0.4, 0.5) is 9.52 Å². The van der Waals surface area contributed by atoms with Crippen LogP contribution in [-0.2, 0) is 11.2 Å². The van der Waals surface area contributed by atoms with Gasteiger partial charge in [-0.25, -0.2) is 9.37 Å². The molecule has 1 aromatic heterocycles. The number of aromatic nitrogens is 2. The molecule has 3 rings (SSSR count). The molecule has 1 amide bonds. The second-order valence-corrected chi connectivity index (χ2v) is 9.53. The third-order valence-electron chi connectivity index (χ3n) is 5.60. The summed E-state index contributed by atoms with van der Waals surface area (Å²) in [5.41, 5.74) is 0.862. The molecule has 2 heterocycles. The number of carbonyl (C=O) groups is 1. The lowest BCUT2D eigenvalue weighted by Gasteiger charge is -2.36. The van der Waals surface area contributed by atoms with Crippen LogP contribution in [0.15, 0.2) is 18.2 Å². The van der Waals surface area contributed by atoms with Crippen molar-refractivity contribution in [2.45, 2.75) is 65.5 Å². The summed E-state index contributed by atoms with van der Waals surface area (Å²) < 4.78 is 24.2. The summed E-state index contributed by atoms with van der Waals surface area (Å²) in [5.74, 6) is 1.38. The molecule has 1 fully saturated rings. The second kappa shape index (κ2) is 10.9. The third-order valence-corrected chi connectivity index (χ3v) is 6.41. The average Bonchev–Trinajstić information content (AvgIpc) is 3.19. The van der Waals surface area contributed by atoms with Crippen LogP contribution in [0.5, 0.6) is 5.75 Å². The van der Waals surface area contributed by atoms with Crippen molar-refractivity contribution >= 4 is 23.1 Å². The Morgan fingerprint density at radius 1 is 1.32 bits per heavy atom. The van der Waals surface area contributed by atoms with Crippen molar-refractivity contribution in [1.29, 1.82) is 0 Å². The number of aryl methyl sites for hydroxylation is 1. The molecule has 170 valence electrons. The van der Waals surface area contributed by atoms with E-state index in [-0.39, 0.29) is 23.7 Å². The quantitative estimate of drug-likeness (QED) is 0.502. The zero-order valence-corrected chi connectivity index (χ0v) is 19.7. The number of ether oxygens (including phenoxy) is 1. The molecule has 0 saturated carbocycles. The second-order valence-electron chi connectivity index (χ2n) is 8.80. The van der Waals surface area contributed by atoms with Gasteiger partial charge in [0.05, 0.1) is 6.10 Å². The molecule has 1 aromatic carbocycles. The van der Waals surface area contributed by atoms with Crippen molar-refractivity contribution in [1.82, 2.24) is 14.3 Å².